The van der Waals surface area contributed by atoms with Crippen LogP contribution in [0.5, 0.6) is 0 Å². The van der Waals surface area contributed by atoms with Gasteiger partial charge in [-0.3, -0.25) is 14.7 Å². The fourth-order valence-electron chi connectivity index (χ4n) is 4.08. The second-order valence-electron chi connectivity index (χ2n) is 6.87. The van der Waals surface area contributed by atoms with Crippen molar-refractivity contribution in [3.05, 3.63) is 11.9 Å². The number of aromatic nitrogens is 2. The molecule has 0 aromatic carbocycles. The third-order valence-electron chi connectivity index (χ3n) is 5.34. The van der Waals surface area contributed by atoms with Gasteiger partial charge in [0.2, 0.25) is 5.91 Å². The van der Waals surface area contributed by atoms with Gasteiger partial charge in [0.25, 0.3) is 5.91 Å². The van der Waals surface area contributed by atoms with Crippen LogP contribution in [0.15, 0.2) is 6.20 Å². The topological polar surface area (TPSA) is 78.5 Å². The number of nitrogens with one attached hydrogen (secondary N) is 1. The number of H-pyrrole nitrogens is 1. The Morgan fingerprint density at radius 2 is 2.04 bits per heavy atom. The van der Waals surface area contributed by atoms with Crippen LogP contribution in [-0.4, -0.2) is 58.8 Å². The van der Waals surface area contributed by atoms with E-state index in [9.17, 15) is 9.59 Å². The van der Waals surface area contributed by atoms with E-state index in [1.807, 2.05) is 4.90 Å². The molecule has 7 nitrogen and oxygen atoms in total. The van der Waals surface area contributed by atoms with Crippen molar-refractivity contribution in [1.82, 2.24) is 15.1 Å². The monoisotopic (exact) mass is 332 g/mol. The molecule has 2 saturated heterocycles. The fraction of sp³-hybridized carbons (Fsp3) is 0.706. The molecule has 130 valence electrons. The first-order valence-corrected chi connectivity index (χ1v) is 9.01. The molecule has 3 aliphatic heterocycles. The molecule has 0 bridgehead atoms. The van der Waals surface area contributed by atoms with Crippen molar-refractivity contribution in [1.29, 1.82) is 0 Å². The molecular formula is C17H24N4O3. The number of amides is 2. The highest BCUT2D eigenvalue weighted by atomic mass is 16.5. The number of fused-ring (bicyclic) bond motifs is 1. The Morgan fingerprint density at radius 1 is 1.12 bits per heavy atom. The SMILES string of the molecule is O=C([C@H]1CCCCN1C(=O)[C@@H]1CCCO1)N1CCCc2[nH]ncc21. The predicted molar refractivity (Wildman–Crippen MR) is 87.6 cm³/mol. The molecule has 24 heavy (non-hydrogen) atoms. The van der Waals surface area contributed by atoms with Crippen molar-refractivity contribution in [2.45, 2.75) is 57.1 Å². The lowest BCUT2D eigenvalue weighted by atomic mass is 9.98. The quantitative estimate of drug-likeness (QED) is 0.884. The number of carbonyl (C=O) groups excluding carboxylic acids is 2. The van der Waals surface area contributed by atoms with E-state index in [0.717, 1.165) is 56.3 Å². The number of hydrogen-bond donors (Lipinski definition) is 1. The fourth-order valence-corrected chi connectivity index (χ4v) is 4.08. The highest BCUT2D eigenvalue weighted by Crippen LogP contribution is 2.29. The van der Waals surface area contributed by atoms with Crippen LogP contribution in [0.4, 0.5) is 5.69 Å². The van der Waals surface area contributed by atoms with E-state index >= 15 is 0 Å². The molecule has 0 saturated carbocycles. The number of anilines is 1. The summed E-state index contributed by atoms with van der Waals surface area (Å²) in [4.78, 5) is 29.6. The molecular weight excluding hydrogens is 308 g/mol. The van der Waals surface area contributed by atoms with Gasteiger partial charge in [0.05, 0.1) is 17.6 Å². The van der Waals surface area contributed by atoms with Gasteiger partial charge in [0.15, 0.2) is 0 Å². The Balaban J connectivity index is 1.55. The normalized spacial score (nSPS) is 27.2. The molecule has 1 aromatic heterocycles. The summed E-state index contributed by atoms with van der Waals surface area (Å²) in [7, 11) is 0. The van der Waals surface area contributed by atoms with E-state index in [4.69, 9.17) is 4.74 Å². The van der Waals surface area contributed by atoms with Crippen LogP contribution in [0.2, 0.25) is 0 Å². The Hall–Kier alpha value is -1.89. The van der Waals surface area contributed by atoms with Gasteiger partial charge >= 0.3 is 0 Å². The molecule has 0 radical (unpaired) electrons. The van der Waals surface area contributed by atoms with Crippen molar-refractivity contribution < 1.29 is 14.3 Å². The number of likely N-dealkylation sites (tertiary alicyclic amines) is 1. The standard InChI is InChI=1S/C17H24N4O3/c22-16(21-9-3-5-12-14(21)11-18-19-12)13-6-1-2-8-20(13)17(23)15-7-4-10-24-15/h11,13,15H,1-10H2,(H,18,19)/t13-,15+/m1/s1. The van der Waals surface area contributed by atoms with Gasteiger partial charge in [-0.15, -0.1) is 0 Å². The Bertz CT molecular complexity index is 623. The minimum absolute atomic E-state index is 0.00465. The van der Waals surface area contributed by atoms with Crippen LogP contribution < -0.4 is 4.90 Å². The summed E-state index contributed by atoms with van der Waals surface area (Å²) in [6, 6.07) is -0.365. The molecule has 7 heteroatoms. The number of nitrogens with zero attached hydrogens (tertiary/aromatic N) is 3. The van der Waals surface area contributed by atoms with Crippen LogP contribution >= 0.6 is 0 Å². The van der Waals surface area contributed by atoms with E-state index in [1.165, 1.54) is 0 Å². The van der Waals surface area contributed by atoms with Gasteiger partial charge in [0.1, 0.15) is 12.1 Å². The Kier molecular flexibility index (Phi) is 4.26. The van der Waals surface area contributed by atoms with Gasteiger partial charge in [0, 0.05) is 19.7 Å². The van der Waals surface area contributed by atoms with E-state index in [2.05, 4.69) is 10.2 Å². The van der Waals surface area contributed by atoms with Crippen LogP contribution in [0.25, 0.3) is 0 Å². The molecule has 4 rings (SSSR count). The molecule has 0 unspecified atom stereocenters. The summed E-state index contributed by atoms with van der Waals surface area (Å²) in [5, 5.41) is 7.06. The number of hydrogen-bond acceptors (Lipinski definition) is 4. The van der Waals surface area contributed by atoms with Gasteiger partial charge in [-0.1, -0.05) is 0 Å². The number of aromatic amines is 1. The van der Waals surface area contributed by atoms with Crippen molar-refractivity contribution in [3.8, 4) is 0 Å². The highest BCUT2D eigenvalue weighted by Gasteiger charge is 2.39. The van der Waals surface area contributed by atoms with Crippen LogP contribution in [-0.2, 0) is 20.7 Å². The van der Waals surface area contributed by atoms with Gasteiger partial charge in [-0.05, 0) is 44.9 Å². The molecule has 3 aliphatic rings. The number of aryl methyl sites for hydroxylation is 1. The number of ether oxygens (including phenoxy) is 1. The minimum Gasteiger partial charge on any atom is -0.368 e. The van der Waals surface area contributed by atoms with E-state index in [1.54, 1.807) is 11.1 Å². The van der Waals surface area contributed by atoms with Gasteiger partial charge in [-0.25, -0.2) is 0 Å². The molecule has 4 heterocycles. The second kappa shape index (κ2) is 6.55. The zero-order valence-electron chi connectivity index (χ0n) is 13.9. The van der Waals surface area contributed by atoms with E-state index in [-0.39, 0.29) is 24.0 Å². The van der Waals surface area contributed by atoms with Crippen LogP contribution in [0.1, 0.15) is 44.2 Å². The van der Waals surface area contributed by atoms with Crippen molar-refractivity contribution in [2.24, 2.45) is 0 Å². The number of carbonyl (C=O) groups is 2. The van der Waals surface area contributed by atoms with E-state index in [0.29, 0.717) is 19.7 Å². The predicted octanol–water partition coefficient (Wildman–Crippen LogP) is 1.25. The third-order valence-corrected chi connectivity index (χ3v) is 5.34. The Labute approximate surface area is 141 Å². The molecule has 2 atom stereocenters. The minimum atomic E-state index is -0.365. The maximum atomic E-state index is 13.2. The summed E-state index contributed by atoms with van der Waals surface area (Å²) < 4.78 is 5.55. The lowest BCUT2D eigenvalue weighted by Crippen LogP contribution is -2.56. The highest BCUT2D eigenvalue weighted by molar-refractivity contribution is 6.00. The average Bonchev–Trinajstić information content (AvgIpc) is 3.31. The zero-order chi connectivity index (χ0) is 16.5. The van der Waals surface area contributed by atoms with Gasteiger partial charge < -0.3 is 14.5 Å². The third kappa shape index (κ3) is 2.70. The smallest absolute Gasteiger partial charge is 0.252 e. The summed E-state index contributed by atoms with van der Waals surface area (Å²) in [6.45, 7) is 2.00. The molecule has 2 fully saturated rings. The summed E-state index contributed by atoms with van der Waals surface area (Å²) in [5.74, 6) is 0.0263. The number of piperidine rings is 1. The van der Waals surface area contributed by atoms with E-state index < -0.39 is 0 Å². The number of rotatable bonds is 2. The van der Waals surface area contributed by atoms with Crippen molar-refractivity contribution in [2.75, 3.05) is 24.6 Å². The molecule has 0 aliphatic carbocycles. The molecule has 0 spiro atoms. The molecule has 1 aromatic rings. The van der Waals surface area contributed by atoms with Crippen LogP contribution in [0.3, 0.4) is 0 Å². The lowest BCUT2D eigenvalue weighted by Gasteiger charge is -2.39. The molecule has 1 N–H and O–H groups in total. The zero-order valence-corrected chi connectivity index (χ0v) is 13.9. The summed E-state index contributed by atoms with van der Waals surface area (Å²) >= 11 is 0. The maximum Gasteiger partial charge on any atom is 0.252 e. The first-order valence-electron chi connectivity index (χ1n) is 9.01. The Morgan fingerprint density at radius 3 is 2.88 bits per heavy atom. The lowest BCUT2D eigenvalue weighted by molar-refractivity contribution is -0.148. The van der Waals surface area contributed by atoms with Crippen molar-refractivity contribution >= 4 is 17.5 Å². The van der Waals surface area contributed by atoms with Crippen molar-refractivity contribution in [3.63, 3.8) is 0 Å². The maximum absolute atomic E-state index is 13.2. The first kappa shape index (κ1) is 15.6. The van der Waals surface area contributed by atoms with Crippen LogP contribution in [0, 0.1) is 0 Å². The molecule has 2 amide bonds. The van der Waals surface area contributed by atoms with Gasteiger partial charge in [-0.2, -0.15) is 5.10 Å². The summed E-state index contributed by atoms with van der Waals surface area (Å²) in [6.07, 6.45) is 7.58. The first-order chi connectivity index (χ1) is 11.8. The summed E-state index contributed by atoms with van der Waals surface area (Å²) in [5.41, 5.74) is 1.89. The average molecular weight is 332 g/mol. The largest absolute Gasteiger partial charge is 0.368 e. The second-order valence-corrected chi connectivity index (χ2v) is 6.87.